The Morgan fingerprint density at radius 1 is 1.18 bits per heavy atom. The van der Waals surface area contributed by atoms with Gasteiger partial charge in [0.1, 0.15) is 0 Å². The number of aryl methyl sites for hydroxylation is 3. The molecule has 17 heavy (non-hydrogen) atoms. The average Bonchev–Trinajstić information content (AvgIpc) is 2.71. The predicted molar refractivity (Wildman–Crippen MR) is 70.2 cm³/mol. The van der Waals surface area contributed by atoms with Crippen molar-refractivity contribution < 1.29 is 0 Å². The largest absolute Gasteiger partial charge is 0.356 e. The summed E-state index contributed by atoms with van der Waals surface area (Å²) in [6.07, 6.45) is 3.32. The molecule has 2 heterocycles. The smallest absolute Gasteiger partial charge is 0.203 e. The van der Waals surface area contributed by atoms with Crippen LogP contribution in [-0.4, -0.2) is 16.1 Å². The quantitative estimate of drug-likeness (QED) is 0.811. The molecule has 1 aromatic carbocycles. The predicted octanol–water partition coefficient (Wildman–Crippen LogP) is 2.98. The lowest BCUT2D eigenvalue weighted by Crippen LogP contribution is -2.16. The van der Waals surface area contributed by atoms with Gasteiger partial charge in [0.05, 0.1) is 5.69 Å². The Hall–Kier alpha value is -1.77. The van der Waals surface area contributed by atoms with Gasteiger partial charge in [0.25, 0.3) is 0 Å². The van der Waals surface area contributed by atoms with Crippen molar-refractivity contribution in [3.8, 4) is 11.3 Å². The van der Waals surface area contributed by atoms with Crippen molar-refractivity contribution in [2.75, 3.05) is 11.9 Å². The Morgan fingerprint density at radius 2 is 1.94 bits per heavy atom. The van der Waals surface area contributed by atoms with Crippen LogP contribution in [0, 0.1) is 13.8 Å². The van der Waals surface area contributed by atoms with Gasteiger partial charge in [-0.15, -0.1) is 0 Å². The number of fused-ring (bicyclic) bond motifs is 1. The monoisotopic (exact) mass is 227 g/mol. The number of hydrogen-bond donors (Lipinski definition) is 1. The van der Waals surface area contributed by atoms with E-state index in [9.17, 15) is 0 Å². The second-order valence-electron chi connectivity index (χ2n) is 4.80. The van der Waals surface area contributed by atoms with E-state index in [1.54, 1.807) is 0 Å². The number of nitrogens with one attached hydrogen (secondary N) is 1. The highest BCUT2D eigenvalue weighted by Crippen LogP contribution is 2.24. The SMILES string of the molecule is Cc1cc(C)cc(-c2cn3c(n2)NCCC3)c1. The second-order valence-corrected chi connectivity index (χ2v) is 4.80. The minimum absolute atomic E-state index is 1.01. The fourth-order valence-corrected chi connectivity index (χ4v) is 2.44. The number of benzene rings is 1. The van der Waals surface area contributed by atoms with Crippen molar-refractivity contribution in [2.24, 2.45) is 0 Å². The molecule has 1 N–H and O–H groups in total. The van der Waals surface area contributed by atoms with Crippen LogP contribution in [0.5, 0.6) is 0 Å². The van der Waals surface area contributed by atoms with Crippen molar-refractivity contribution in [1.29, 1.82) is 0 Å². The third-order valence-electron chi connectivity index (χ3n) is 3.15. The Kier molecular flexibility index (Phi) is 2.39. The van der Waals surface area contributed by atoms with Crippen LogP contribution in [0.15, 0.2) is 24.4 Å². The first-order chi connectivity index (χ1) is 8.22. The summed E-state index contributed by atoms with van der Waals surface area (Å²) >= 11 is 0. The van der Waals surface area contributed by atoms with E-state index in [4.69, 9.17) is 0 Å². The zero-order valence-electron chi connectivity index (χ0n) is 10.3. The van der Waals surface area contributed by atoms with Gasteiger partial charge in [-0.25, -0.2) is 4.98 Å². The van der Waals surface area contributed by atoms with Crippen LogP contribution in [-0.2, 0) is 6.54 Å². The summed E-state index contributed by atoms with van der Waals surface area (Å²) in [5, 5.41) is 3.33. The number of nitrogens with zero attached hydrogens (tertiary/aromatic N) is 2. The third-order valence-corrected chi connectivity index (χ3v) is 3.15. The Labute approximate surface area is 101 Å². The van der Waals surface area contributed by atoms with Crippen molar-refractivity contribution in [3.05, 3.63) is 35.5 Å². The maximum Gasteiger partial charge on any atom is 0.203 e. The fourth-order valence-electron chi connectivity index (χ4n) is 2.44. The van der Waals surface area contributed by atoms with Gasteiger partial charge in [-0.2, -0.15) is 0 Å². The molecule has 0 saturated carbocycles. The molecule has 1 aromatic heterocycles. The Morgan fingerprint density at radius 3 is 2.65 bits per heavy atom. The maximum absolute atomic E-state index is 4.66. The van der Waals surface area contributed by atoms with Gasteiger partial charge in [0.15, 0.2) is 0 Å². The van der Waals surface area contributed by atoms with Crippen LogP contribution in [0.3, 0.4) is 0 Å². The molecule has 1 aliphatic rings. The van der Waals surface area contributed by atoms with Gasteiger partial charge in [-0.05, 0) is 32.4 Å². The standard InChI is InChI=1S/C14H17N3/c1-10-6-11(2)8-12(7-10)13-9-17-5-3-4-15-14(17)16-13/h6-9H,3-5H2,1-2H3,(H,15,16). The maximum atomic E-state index is 4.66. The van der Waals surface area contributed by atoms with Gasteiger partial charge in [-0.3, -0.25) is 0 Å². The minimum atomic E-state index is 1.01. The van der Waals surface area contributed by atoms with E-state index in [0.29, 0.717) is 0 Å². The summed E-state index contributed by atoms with van der Waals surface area (Å²) in [5.74, 6) is 1.01. The molecule has 3 rings (SSSR count). The molecule has 0 amide bonds. The molecule has 88 valence electrons. The lowest BCUT2D eigenvalue weighted by Gasteiger charge is -2.14. The fraction of sp³-hybridized carbons (Fsp3) is 0.357. The van der Waals surface area contributed by atoms with Crippen molar-refractivity contribution in [1.82, 2.24) is 9.55 Å². The number of rotatable bonds is 1. The average molecular weight is 227 g/mol. The summed E-state index contributed by atoms with van der Waals surface area (Å²) in [4.78, 5) is 4.66. The van der Waals surface area contributed by atoms with E-state index in [-0.39, 0.29) is 0 Å². The molecule has 0 unspecified atom stereocenters. The first kappa shape index (κ1) is 10.4. The normalized spacial score (nSPS) is 14.2. The summed E-state index contributed by atoms with van der Waals surface area (Å²) in [7, 11) is 0. The lowest BCUT2D eigenvalue weighted by atomic mass is 10.1. The van der Waals surface area contributed by atoms with E-state index in [2.05, 4.69) is 53.1 Å². The van der Waals surface area contributed by atoms with E-state index < -0.39 is 0 Å². The zero-order chi connectivity index (χ0) is 11.8. The topological polar surface area (TPSA) is 29.9 Å². The number of anilines is 1. The Balaban J connectivity index is 2.05. The molecule has 0 spiro atoms. The van der Waals surface area contributed by atoms with Crippen molar-refractivity contribution in [2.45, 2.75) is 26.8 Å². The first-order valence-electron chi connectivity index (χ1n) is 6.12. The van der Waals surface area contributed by atoms with Crippen LogP contribution < -0.4 is 5.32 Å². The van der Waals surface area contributed by atoms with Gasteiger partial charge in [-0.1, -0.05) is 17.2 Å². The molecular weight excluding hydrogens is 210 g/mol. The molecular formula is C14H17N3. The van der Waals surface area contributed by atoms with Crippen molar-refractivity contribution in [3.63, 3.8) is 0 Å². The Bertz CT molecular complexity index is 511. The molecule has 3 heteroatoms. The number of aromatic nitrogens is 2. The summed E-state index contributed by atoms with van der Waals surface area (Å²) in [6.45, 7) is 6.36. The molecule has 0 fully saturated rings. The molecule has 0 bridgehead atoms. The summed E-state index contributed by atoms with van der Waals surface area (Å²) in [5.41, 5.74) is 4.87. The van der Waals surface area contributed by atoms with Crippen LogP contribution in [0.1, 0.15) is 17.5 Å². The lowest BCUT2D eigenvalue weighted by molar-refractivity contribution is 0.627. The molecule has 3 nitrogen and oxygen atoms in total. The van der Waals surface area contributed by atoms with Crippen LogP contribution >= 0.6 is 0 Å². The molecule has 0 aliphatic carbocycles. The van der Waals surface area contributed by atoms with Crippen molar-refractivity contribution >= 4 is 5.95 Å². The number of imidazole rings is 1. The molecule has 0 radical (unpaired) electrons. The van der Waals surface area contributed by atoms with Gasteiger partial charge >= 0.3 is 0 Å². The number of hydrogen-bond acceptors (Lipinski definition) is 2. The second kappa shape index (κ2) is 3.91. The minimum Gasteiger partial charge on any atom is -0.356 e. The highest BCUT2D eigenvalue weighted by atomic mass is 15.2. The molecule has 0 saturated heterocycles. The highest BCUT2D eigenvalue weighted by molar-refractivity contribution is 5.62. The molecule has 1 aliphatic heterocycles. The summed E-state index contributed by atoms with van der Waals surface area (Å²) in [6, 6.07) is 6.58. The molecule has 2 aromatic rings. The van der Waals surface area contributed by atoms with E-state index in [1.807, 2.05) is 0 Å². The van der Waals surface area contributed by atoms with E-state index >= 15 is 0 Å². The van der Waals surface area contributed by atoms with Gasteiger partial charge < -0.3 is 9.88 Å². The van der Waals surface area contributed by atoms with Gasteiger partial charge in [0, 0.05) is 24.8 Å². The third kappa shape index (κ3) is 1.93. The van der Waals surface area contributed by atoms with Crippen LogP contribution in [0.25, 0.3) is 11.3 Å². The first-order valence-corrected chi connectivity index (χ1v) is 6.12. The summed E-state index contributed by atoms with van der Waals surface area (Å²) < 4.78 is 2.20. The van der Waals surface area contributed by atoms with E-state index in [1.165, 1.54) is 23.1 Å². The van der Waals surface area contributed by atoms with Gasteiger partial charge in [0.2, 0.25) is 5.95 Å². The zero-order valence-corrected chi connectivity index (χ0v) is 10.3. The molecule has 0 atom stereocenters. The van der Waals surface area contributed by atoms with Crippen LogP contribution in [0.2, 0.25) is 0 Å². The van der Waals surface area contributed by atoms with E-state index in [0.717, 1.165) is 24.7 Å². The van der Waals surface area contributed by atoms with Crippen LogP contribution in [0.4, 0.5) is 5.95 Å². The highest BCUT2D eigenvalue weighted by Gasteiger charge is 2.12.